The zero-order valence-corrected chi connectivity index (χ0v) is 12.8. The monoisotopic (exact) mass is 335 g/mol. The van der Waals surface area contributed by atoms with E-state index in [1.54, 1.807) is 28.9 Å². The molecule has 1 aromatic heterocycles. The molecule has 0 bridgehead atoms. The largest absolute Gasteiger partial charge is 0.487 e. The number of ether oxygens (including phenoxy) is 1. The standard InChI is InChI=1S/C14H14BrN3O2/c1-9-8-18(14(19)11-5-6-16-17(11)2)12-7-10(15)3-4-13(12)20-9/h3-7,9H,8H2,1-2H3/t9-/m1/s1. The molecule has 20 heavy (non-hydrogen) atoms. The SMILES string of the molecule is C[C@@H]1CN(C(=O)c2ccnn2C)c2cc(Br)ccc2O1. The molecule has 5 nitrogen and oxygen atoms in total. The van der Waals surface area contributed by atoms with Crippen molar-refractivity contribution in [3.63, 3.8) is 0 Å². The Balaban J connectivity index is 2.04. The van der Waals surface area contributed by atoms with Crippen LogP contribution in [0.2, 0.25) is 0 Å². The van der Waals surface area contributed by atoms with Gasteiger partial charge < -0.3 is 4.74 Å². The summed E-state index contributed by atoms with van der Waals surface area (Å²) in [6.45, 7) is 2.47. The maximum absolute atomic E-state index is 12.7. The van der Waals surface area contributed by atoms with Crippen LogP contribution in [0.1, 0.15) is 17.4 Å². The Morgan fingerprint density at radius 1 is 1.45 bits per heavy atom. The number of hydrogen-bond donors (Lipinski definition) is 0. The van der Waals surface area contributed by atoms with Crippen LogP contribution in [0, 0.1) is 0 Å². The Morgan fingerprint density at radius 3 is 2.95 bits per heavy atom. The van der Waals surface area contributed by atoms with E-state index in [0.29, 0.717) is 12.2 Å². The van der Waals surface area contributed by atoms with Crippen molar-refractivity contribution >= 4 is 27.5 Å². The van der Waals surface area contributed by atoms with Crippen LogP contribution in [0.5, 0.6) is 5.75 Å². The third-order valence-electron chi connectivity index (χ3n) is 3.26. The van der Waals surface area contributed by atoms with Crippen molar-refractivity contribution in [1.29, 1.82) is 0 Å². The molecule has 6 heteroatoms. The van der Waals surface area contributed by atoms with E-state index in [-0.39, 0.29) is 12.0 Å². The van der Waals surface area contributed by atoms with E-state index < -0.39 is 0 Å². The Morgan fingerprint density at radius 2 is 2.25 bits per heavy atom. The minimum Gasteiger partial charge on any atom is -0.487 e. The van der Waals surface area contributed by atoms with Gasteiger partial charge in [-0.1, -0.05) is 15.9 Å². The quantitative estimate of drug-likeness (QED) is 0.804. The van der Waals surface area contributed by atoms with Crippen LogP contribution in [0.25, 0.3) is 0 Å². The van der Waals surface area contributed by atoms with Crippen LogP contribution in [-0.2, 0) is 7.05 Å². The van der Waals surface area contributed by atoms with Crippen molar-refractivity contribution < 1.29 is 9.53 Å². The second kappa shape index (κ2) is 4.94. The average Bonchev–Trinajstić information content (AvgIpc) is 2.84. The molecule has 1 amide bonds. The maximum atomic E-state index is 12.7. The van der Waals surface area contributed by atoms with Crippen LogP contribution in [-0.4, -0.2) is 28.3 Å². The highest BCUT2D eigenvalue weighted by Gasteiger charge is 2.29. The first-order valence-corrected chi connectivity index (χ1v) is 7.11. The molecule has 0 fully saturated rings. The number of aromatic nitrogens is 2. The summed E-state index contributed by atoms with van der Waals surface area (Å²) >= 11 is 3.43. The van der Waals surface area contributed by atoms with Crippen molar-refractivity contribution in [3.8, 4) is 5.75 Å². The molecular formula is C14H14BrN3O2. The van der Waals surface area contributed by atoms with Gasteiger partial charge in [0.25, 0.3) is 5.91 Å². The van der Waals surface area contributed by atoms with Gasteiger partial charge in [-0.05, 0) is 31.2 Å². The van der Waals surface area contributed by atoms with Gasteiger partial charge in [0.15, 0.2) is 0 Å². The Labute approximate surface area is 125 Å². The third kappa shape index (κ3) is 2.20. The summed E-state index contributed by atoms with van der Waals surface area (Å²) in [5.41, 5.74) is 1.34. The molecule has 2 heterocycles. The van der Waals surface area contributed by atoms with E-state index in [2.05, 4.69) is 21.0 Å². The average molecular weight is 336 g/mol. The lowest BCUT2D eigenvalue weighted by Crippen LogP contribution is -2.43. The molecule has 104 valence electrons. The van der Waals surface area contributed by atoms with E-state index in [4.69, 9.17) is 4.74 Å². The van der Waals surface area contributed by atoms with Crippen molar-refractivity contribution in [2.45, 2.75) is 13.0 Å². The summed E-state index contributed by atoms with van der Waals surface area (Å²) in [5, 5.41) is 4.05. The van der Waals surface area contributed by atoms with Gasteiger partial charge in [-0.3, -0.25) is 14.4 Å². The molecule has 0 saturated heterocycles. The van der Waals surface area contributed by atoms with E-state index in [9.17, 15) is 4.79 Å². The molecule has 0 radical (unpaired) electrons. The molecule has 1 aliphatic rings. The highest BCUT2D eigenvalue weighted by molar-refractivity contribution is 9.10. The molecule has 3 rings (SSSR count). The minimum atomic E-state index is -0.0699. The van der Waals surface area contributed by atoms with Gasteiger partial charge in [0, 0.05) is 17.7 Å². The summed E-state index contributed by atoms with van der Waals surface area (Å²) in [4.78, 5) is 14.4. The number of anilines is 1. The molecule has 0 saturated carbocycles. The normalized spacial score (nSPS) is 17.6. The zero-order valence-electron chi connectivity index (χ0n) is 11.2. The van der Waals surface area contributed by atoms with Crippen molar-refractivity contribution in [2.75, 3.05) is 11.4 Å². The first-order valence-electron chi connectivity index (χ1n) is 6.32. The lowest BCUT2D eigenvalue weighted by atomic mass is 10.2. The van der Waals surface area contributed by atoms with Gasteiger partial charge in [-0.25, -0.2) is 0 Å². The number of aryl methyl sites for hydroxylation is 1. The summed E-state index contributed by atoms with van der Waals surface area (Å²) in [5.74, 6) is 0.655. The molecule has 2 aromatic rings. The molecule has 1 aromatic carbocycles. The van der Waals surface area contributed by atoms with Crippen molar-refractivity contribution in [1.82, 2.24) is 9.78 Å². The fourth-order valence-corrected chi connectivity index (χ4v) is 2.67. The van der Waals surface area contributed by atoms with Gasteiger partial charge in [-0.2, -0.15) is 5.10 Å². The van der Waals surface area contributed by atoms with Gasteiger partial charge >= 0.3 is 0 Å². The van der Waals surface area contributed by atoms with Gasteiger partial charge in [0.1, 0.15) is 17.5 Å². The first kappa shape index (κ1) is 13.2. The smallest absolute Gasteiger partial charge is 0.276 e. The number of rotatable bonds is 1. The third-order valence-corrected chi connectivity index (χ3v) is 3.76. The van der Waals surface area contributed by atoms with Crippen molar-refractivity contribution in [2.24, 2.45) is 7.05 Å². The highest BCUT2D eigenvalue weighted by Crippen LogP contribution is 2.36. The summed E-state index contributed by atoms with van der Waals surface area (Å²) < 4.78 is 8.28. The second-order valence-corrected chi connectivity index (χ2v) is 5.71. The second-order valence-electron chi connectivity index (χ2n) is 4.80. The highest BCUT2D eigenvalue weighted by atomic mass is 79.9. The molecule has 0 aliphatic carbocycles. The Bertz CT molecular complexity index is 668. The van der Waals surface area contributed by atoms with Crippen LogP contribution < -0.4 is 9.64 Å². The van der Waals surface area contributed by atoms with E-state index in [1.807, 2.05) is 25.1 Å². The fraction of sp³-hybridized carbons (Fsp3) is 0.286. The Hall–Kier alpha value is -1.82. The van der Waals surface area contributed by atoms with E-state index >= 15 is 0 Å². The number of benzene rings is 1. The number of carbonyl (C=O) groups excluding carboxylic acids is 1. The van der Waals surface area contributed by atoms with Gasteiger partial charge in [0.05, 0.1) is 12.2 Å². The number of hydrogen-bond acceptors (Lipinski definition) is 3. The maximum Gasteiger partial charge on any atom is 0.276 e. The molecular weight excluding hydrogens is 322 g/mol. The van der Waals surface area contributed by atoms with Gasteiger partial charge in [-0.15, -0.1) is 0 Å². The number of carbonyl (C=O) groups is 1. The molecule has 0 unspecified atom stereocenters. The lowest BCUT2D eigenvalue weighted by Gasteiger charge is -2.33. The summed E-state index contributed by atoms with van der Waals surface area (Å²) in [7, 11) is 1.76. The van der Waals surface area contributed by atoms with Crippen LogP contribution >= 0.6 is 15.9 Å². The van der Waals surface area contributed by atoms with E-state index in [0.717, 1.165) is 15.9 Å². The molecule has 1 aliphatic heterocycles. The fourth-order valence-electron chi connectivity index (χ4n) is 2.32. The van der Waals surface area contributed by atoms with Crippen LogP contribution in [0.4, 0.5) is 5.69 Å². The summed E-state index contributed by atoms with van der Waals surface area (Å²) in [6, 6.07) is 7.40. The number of fused-ring (bicyclic) bond motifs is 1. The topological polar surface area (TPSA) is 47.4 Å². The van der Waals surface area contributed by atoms with Crippen LogP contribution in [0.3, 0.4) is 0 Å². The lowest BCUT2D eigenvalue weighted by molar-refractivity contribution is 0.0952. The van der Waals surface area contributed by atoms with Crippen LogP contribution in [0.15, 0.2) is 34.9 Å². The Kier molecular flexibility index (Phi) is 3.25. The predicted octanol–water partition coefficient (Wildman–Crippen LogP) is 2.61. The molecule has 1 atom stereocenters. The molecule has 0 N–H and O–H groups in total. The number of halogens is 1. The van der Waals surface area contributed by atoms with E-state index in [1.165, 1.54) is 0 Å². The predicted molar refractivity (Wildman–Crippen MR) is 79.1 cm³/mol. The van der Waals surface area contributed by atoms with Crippen molar-refractivity contribution in [3.05, 3.63) is 40.6 Å². The first-order chi connectivity index (χ1) is 9.56. The molecule has 0 spiro atoms. The minimum absolute atomic E-state index is 0.0409. The zero-order chi connectivity index (χ0) is 14.3. The number of amides is 1. The summed E-state index contributed by atoms with van der Waals surface area (Å²) in [6.07, 6.45) is 1.58. The number of nitrogens with zero attached hydrogens (tertiary/aromatic N) is 3. The van der Waals surface area contributed by atoms with Gasteiger partial charge in [0.2, 0.25) is 0 Å².